The van der Waals surface area contributed by atoms with Gasteiger partial charge in [-0.1, -0.05) is 43.3 Å². The average Bonchev–Trinajstić information content (AvgIpc) is 2.46. The molecule has 0 aliphatic rings. The molecular weight excluding hydrogens is 314 g/mol. The zero-order valence-corrected chi connectivity index (χ0v) is 13.5. The molecule has 0 saturated heterocycles. The second-order valence-electron chi connectivity index (χ2n) is 5.06. The summed E-state index contributed by atoms with van der Waals surface area (Å²) in [4.78, 5) is 0. The molecule has 2 aromatic rings. The molecule has 0 fully saturated rings. The molecule has 0 aromatic heterocycles. The number of rotatable bonds is 5. The fourth-order valence-electron chi connectivity index (χ4n) is 2.09. The van der Waals surface area contributed by atoms with Gasteiger partial charge in [0.05, 0.1) is 4.47 Å². The van der Waals surface area contributed by atoms with Crippen molar-refractivity contribution in [3.63, 3.8) is 0 Å². The molecule has 106 valence electrons. The predicted octanol–water partition coefficient (Wildman–Crippen LogP) is 4.40. The minimum absolute atomic E-state index is 0.355. The number of hydrogen-bond donors (Lipinski definition) is 1. The van der Waals surface area contributed by atoms with Gasteiger partial charge in [-0.2, -0.15) is 0 Å². The van der Waals surface area contributed by atoms with Gasteiger partial charge in [0, 0.05) is 0 Å². The summed E-state index contributed by atoms with van der Waals surface area (Å²) in [5.41, 5.74) is 9.27. The van der Waals surface area contributed by atoms with Gasteiger partial charge in [0.15, 0.2) is 0 Å². The Hall–Kier alpha value is -1.32. The zero-order chi connectivity index (χ0) is 14.5. The smallest absolute Gasteiger partial charge is 0.136 e. The molecule has 0 spiro atoms. The molecule has 0 aliphatic heterocycles. The lowest BCUT2D eigenvalue weighted by Gasteiger charge is -2.16. The van der Waals surface area contributed by atoms with Crippen LogP contribution in [0.1, 0.15) is 29.5 Å². The van der Waals surface area contributed by atoms with Gasteiger partial charge in [0.2, 0.25) is 0 Å². The van der Waals surface area contributed by atoms with Gasteiger partial charge in [-0.15, -0.1) is 0 Å². The Labute approximate surface area is 129 Å². The molecule has 0 heterocycles. The summed E-state index contributed by atoms with van der Waals surface area (Å²) in [7, 11) is 0. The first kappa shape index (κ1) is 15.1. The van der Waals surface area contributed by atoms with E-state index in [1.165, 1.54) is 11.1 Å². The summed E-state index contributed by atoms with van der Waals surface area (Å²) in [5.74, 6) is 1.26. The highest BCUT2D eigenvalue weighted by Gasteiger charge is 2.11. The zero-order valence-electron chi connectivity index (χ0n) is 11.9. The summed E-state index contributed by atoms with van der Waals surface area (Å²) in [5, 5.41) is 0. The summed E-state index contributed by atoms with van der Waals surface area (Å²) in [6.45, 7) is 5.42. The molecule has 2 rings (SSSR count). The maximum Gasteiger partial charge on any atom is 0.136 e. The fraction of sp³-hybridized carbons (Fsp3) is 0.294. The van der Waals surface area contributed by atoms with Crippen molar-refractivity contribution in [3.8, 4) is 5.75 Å². The molecule has 0 saturated carbocycles. The third kappa shape index (κ3) is 3.62. The van der Waals surface area contributed by atoms with Crippen molar-refractivity contribution in [2.75, 3.05) is 6.54 Å². The van der Waals surface area contributed by atoms with E-state index in [4.69, 9.17) is 10.5 Å². The van der Waals surface area contributed by atoms with Crippen LogP contribution in [0.5, 0.6) is 5.75 Å². The van der Waals surface area contributed by atoms with E-state index in [1.807, 2.05) is 18.2 Å². The number of hydrogen-bond acceptors (Lipinski definition) is 2. The molecule has 1 atom stereocenters. The van der Waals surface area contributed by atoms with Crippen LogP contribution >= 0.6 is 15.9 Å². The van der Waals surface area contributed by atoms with Crippen molar-refractivity contribution in [1.82, 2.24) is 0 Å². The number of halogens is 1. The first-order chi connectivity index (χ1) is 9.61. The van der Waals surface area contributed by atoms with Crippen molar-refractivity contribution >= 4 is 15.9 Å². The molecule has 0 aliphatic carbocycles. The van der Waals surface area contributed by atoms with Gasteiger partial charge in [0.1, 0.15) is 12.4 Å². The Kier molecular flexibility index (Phi) is 5.21. The van der Waals surface area contributed by atoms with E-state index in [0.29, 0.717) is 19.1 Å². The Morgan fingerprint density at radius 2 is 1.90 bits per heavy atom. The quantitative estimate of drug-likeness (QED) is 0.880. The lowest BCUT2D eigenvalue weighted by molar-refractivity contribution is 0.302. The fourth-order valence-corrected chi connectivity index (χ4v) is 2.78. The van der Waals surface area contributed by atoms with Gasteiger partial charge in [-0.05, 0) is 58.1 Å². The van der Waals surface area contributed by atoms with Gasteiger partial charge >= 0.3 is 0 Å². The predicted molar refractivity (Wildman–Crippen MR) is 87.1 cm³/mol. The van der Waals surface area contributed by atoms with E-state index in [-0.39, 0.29) is 0 Å². The number of benzene rings is 2. The molecule has 1 unspecified atom stereocenters. The number of ether oxygens (including phenoxy) is 1. The standard InChI is InChI=1S/C17H20BrNO/c1-12-8-15(13(2)10-19)9-16(18)17(12)20-11-14-6-4-3-5-7-14/h3-9,13H,10-11,19H2,1-2H3. The molecule has 0 bridgehead atoms. The lowest BCUT2D eigenvalue weighted by Crippen LogP contribution is -2.09. The molecule has 20 heavy (non-hydrogen) atoms. The van der Waals surface area contributed by atoms with Crippen molar-refractivity contribution in [2.45, 2.75) is 26.4 Å². The summed E-state index contributed by atoms with van der Waals surface area (Å²) >= 11 is 3.60. The maximum atomic E-state index is 5.94. The highest BCUT2D eigenvalue weighted by molar-refractivity contribution is 9.10. The highest BCUT2D eigenvalue weighted by atomic mass is 79.9. The van der Waals surface area contributed by atoms with Crippen molar-refractivity contribution in [1.29, 1.82) is 0 Å². The molecule has 2 aromatic carbocycles. The van der Waals surface area contributed by atoms with Crippen LogP contribution in [0, 0.1) is 6.92 Å². The van der Waals surface area contributed by atoms with E-state index in [9.17, 15) is 0 Å². The second kappa shape index (κ2) is 6.91. The molecule has 0 amide bonds. The molecule has 3 heteroatoms. The third-order valence-corrected chi connectivity index (χ3v) is 3.99. The first-order valence-electron chi connectivity index (χ1n) is 6.78. The topological polar surface area (TPSA) is 35.2 Å². The van der Waals surface area contributed by atoms with E-state index >= 15 is 0 Å². The normalized spacial score (nSPS) is 12.2. The van der Waals surface area contributed by atoms with Gasteiger partial charge < -0.3 is 10.5 Å². The van der Waals surface area contributed by atoms with Crippen LogP contribution in [0.25, 0.3) is 0 Å². The van der Waals surface area contributed by atoms with Crippen LogP contribution in [0.15, 0.2) is 46.9 Å². The van der Waals surface area contributed by atoms with E-state index in [1.54, 1.807) is 0 Å². The maximum absolute atomic E-state index is 5.94. The Balaban J connectivity index is 2.16. The first-order valence-corrected chi connectivity index (χ1v) is 7.58. The SMILES string of the molecule is Cc1cc(C(C)CN)cc(Br)c1OCc1ccccc1. The summed E-state index contributed by atoms with van der Waals surface area (Å²) in [6, 6.07) is 14.4. The van der Waals surface area contributed by atoms with Gasteiger partial charge in [-0.25, -0.2) is 0 Å². The minimum Gasteiger partial charge on any atom is -0.487 e. The van der Waals surface area contributed by atoms with Crippen LogP contribution in [0.2, 0.25) is 0 Å². The molecule has 0 radical (unpaired) electrons. The Bertz CT molecular complexity index is 545. The van der Waals surface area contributed by atoms with E-state index in [0.717, 1.165) is 15.8 Å². The van der Waals surface area contributed by atoms with Gasteiger partial charge in [0.25, 0.3) is 0 Å². The van der Waals surface area contributed by atoms with E-state index < -0.39 is 0 Å². The average molecular weight is 334 g/mol. The van der Waals surface area contributed by atoms with Crippen molar-refractivity contribution < 1.29 is 4.74 Å². The van der Waals surface area contributed by atoms with Crippen LogP contribution in [0.4, 0.5) is 0 Å². The van der Waals surface area contributed by atoms with Gasteiger partial charge in [-0.3, -0.25) is 0 Å². The minimum atomic E-state index is 0.355. The lowest BCUT2D eigenvalue weighted by atomic mass is 9.99. The largest absolute Gasteiger partial charge is 0.487 e. The highest BCUT2D eigenvalue weighted by Crippen LogP contribution is 2.33. The summed E-state index contributed by atoms with van der Waals surface area (Å²) in [6.07, 6.45) is 0. The van der Waals surface area contributed by atoms with Crippen LogP contribution in [-0.4, -0.2) is 6.54 Å². The van der Waals surface area contributed by atoms with Crippen LogP contribution in [-0.2, 0) is 6.61 Å². The number of nitrogens with two attached hydrogens (primary N) is 1. The van der Waals surface area contributed by atoms with Crippen molar-refractivity contribution in [3.05, 3.63) is 63.6 Å². The molecular formula is C17H20BrNO. The molecule has 2 N–H and O–H groups in total. The summed E-state index contributed by atoms with van der Waals surface area (Å²) < 4.78 is 6.93. The Morgan fingerprint density at radius 1 is 1.20 bits per heavy atom. The second-order valence-corrected chi connectivity index (χ2v) is 5.91. The number of aryl methyl sites for hydroxylation is 1. The third-order valence-electron chi connectivity index (χ3n) is 3.40. The molecule has 2 nitrogen and oxygen atoms in total. The van der Waals surface area contributed by atoms with Crippen LogP contribution in [0.3, 0.4) is 0 Å². The van der Waals surface area contributed by atoms with E-state index in [2.05, 4.69) is 54.0 Å². The monoisotopic (exact) mass is 333 g/mol. The van der Waals surface area contributed by atoms with Crippen molar-refractivity contribution in [2.24, 2.45) is 5.73 Å². The van der Waals surface area contributed by atoms with Crippen LogP contribution < -0.4 is 10.5 Å². The Morgan fingerprint density at radius 3 is 2.50 bits per heavy atom.